The van der Waals surface area contributed by atoms with Crippen molar-refractivity contribution in [3.05, 3.63) is 65.7 Å². The summed E-state index contributed by atoms with van der Waals surface area (Å²) in [5, 5.41) is 16.8. The van der Waals surface area contributed by atoms with E-state index < -0.39 is 6.10 Å². The van der Waals surface area contributed by atoms with Gasteiger partial charge in [0.1, 0.15) is 23.1 Å². The minimum Gasteiger partial charge on any atom is -0.497 e. The summed E-state index contributed by atoms with van der Waals surface area (Å²) in [6, 6.07) is 10.7. The van der Waals surface area contributed by atoms with E-state index in [1.54, 1.807) is 43.8 Å². The summed E-state index contributed by atoms with van der Waals surface area (Å²) < 4.78 is 10.4. The summed E-state index contributed by atoms with van der Waals surface area (Å²) in [6.45, 7) is 1.85. The molecule has 0 unspecified atom stereocenters. The van der Waals surface area contributed by atoms with E-state index in [1.807, 2.05) is 12.1 Å². The van der Waals surface area contributed by atoms with Crippen molar-refractivity contribution in [3.63, 3.8) is 0 Å². The highest BCUT2D eigenvalue weighted by Crippen LogP contribution is 2.30. The third-order valence-corrected chi connectivity index (χ3v) is 3.89. The maximum absolute atomic E-state index is 12.8. The Morgan fingerprint density at radius 1 is 1.23 bits per heavy atom. The highest BCUT2D eigenvalue weighted by atomic mass is 16.5. The maximum atomic E-state index is 12.8. The second-order valence-corrected chi connectivity index (χ2v) is 5.71. The van der Waals surface area contributed by atoms with E-state index in [2.05, 4.69) is 15.5 Å². The third-order valence-electron chi connectivity index (χ3n) is 3.89. The molecule has 0 radical (unpaired) electrons. The summed E-state index contributed by atoms with van der Waals surface area (Å²) >= 11 is 0. The number of hydrogen-bond acceptors (Lipinski definition) is 6. The van der Waals surface area contributed by atoms with Crippen molar-refractivity contribution in [2.24, 2.45) is 0 Å². The van der Waals surface area contributed by atoms with Gasteiger partial charge in [0.15, 0.2) is 5.76 Å². The van der Waals surface area contributed by atoms with Gasteiger partial charge in [-0.25, -0.2) is 0 Å². The van der Waals surface area contributed by atoms with Gasteiger partial charge in [0.05, 0.1) is 7.11 Å². The number of rotatable bonds is 6. The Hall–Kier alpha value is -3.19. The molecule has 1 amide bonds. The molecular formula is C19H19N3O4. The van der Waals surface area contributed by atoms with Gasteiger partial charge in [-0.3, -0.25) is 9.78 Å². The molecule has 0 fully saturated rings. The monoisotopic (exact) mass is 353 g/mol. The molecule has 2 aromatic heterocycles. The number of carbonyl (C=O) groups is 1. The minimum atomic E-state index is -0.962. The van der Waals surface area contributed by atoms with E-state index in [0.29, 0.717) is 23.6 Å². The molecule has 0 spiro atoms. The van der Waals surface area contributed by atoms with E-state index in [4.69, 9.17) is 9.26 Å². The highest BCUT2D eigenvalue weighted by Gasteiger charge is 2.26. The molecule has 1 atom stereocenters. The van der Waals surface area contributed by atoms with E-state index in [9.17, 15) is 9.90 Å². The number of aromatic nitrogens is 2. The number of hydrogen-bond donors (Lipinski definition) is 2. The number of nitrogens with zero attached hydrogens (tertiary/aromatic N) is 2. The fraction of sp³-hybridized carbons (Fsp3) is 0.211. The molecule has 0 aliphatic heterocycles. The van der Waals surface area contributed by atoms with Crippen LogP contribution in [0.1, 0.15) is 34.7 Å². The van der Waals surface area contributed by atoms with Crippen LogP contribution < -0.4 is 10.1 Å². The molecule has 0 aliphatic carbocycles. The van der Waals surface area contributed by atoms with Crippen LogP contribution in [0.15, 0.2) is 53.3 Å². The maximum Gasteiger partial charge on any atom is 0.257 e. The number of carbonyl (C=O) groups excluding carboxylic acids is 1. The fourth-order valence-electron chi connectivity index (χ4n) is 2.52. The molecule has 3 rings (SSSR count). The van der Waals surface area contributed by atoms with Gasteiger partial charge in [-0.05, 0) is 48.9 Å². The van der Waals surface area contributed by atoms with Crippen LogP contribution in [0.5, 0.6) is 5.75 Å². The minimum absolute atomic E-state index is 0.128. The van der Waals surface area contributed by atoms with Crippen LogP contribution in [0.3, 0.4) is 0 Å². The molecule has 0 saturated carbocycles. The molecule has 0 aliphatic rings. The Balaban J connectivity index is 1.90. The van der Waals surface area contributed by atoms with Gasteiger partial charge in [-0.1, -0.05) is 5.16 Å². The average molecular weight is 353 g/mol. The van der Waals surface area contributed by atoms with E-state index >= 15 is 0 Å². The van der Waals surface area contributed by atoms with E-state index in [-0.39, 0.29) is 17.2 Å². The number of aliphatic hydroxyl groups is 1. The molecule has 2 N–H and O–H groups in total. The van der Waals surface area contributed by atoms with Gasteiger partial charge in [-0.2, -0.15) is 0 Å². The van der Waals surface area contributed by atoms with Gasteiger partial charge in [0.25, 0.3) is 5.91 Å². The first-order chi connectivity index (χ1) is 12.6. The molecule has 3 aromatic rings. The lowest BCUT2D eigenvalue weighted by Gasteiger charge is -2.08. The van der Waals surface area contributed by atoms with E-state index in [0.717, 1.165) is 5.56 Å². The Bertz CT molecular complexity index is 874. The Morgan fingerprint density at radius 3 is 2.54 bits per heavy atom. The standard InChI is InChI=1S/C19H19N3O4/c1-12(23)18-16(19(24)21-11-13-7-9-20-10-8-13)17(22-26-18)14-3-5-15(25-2)6-4-14/h3-10,12,23H,11H2,1-2H3,(H,21,24)/t12-/m0/s1. The highest BCUT2D eigenvalue weighted by molar-refractivity contribution is 6.00. The Morgan fingerprint density at radius 2 is 1.92 bits per heavy atom. The number of ether oxygens (including phenoxy) is 1. The summed E-state index contributed by atoms with van der Waals surface area (Å²) in [5.41, 5.74) is 2.19. The van der Waals surface area contributed by atoms with Crippen molar-refractivity contribution < 1.29 is 19.2 Å². The number of pyridine rings is 1. The van der Waals surface area contributed by atoms with Crippen LogP contribution in [0.2, 0.25) is 0 Å². The first-order valence-electron chi connectivity index (χ1n) is 8.09. The SMILES string of the molecule is COc1ccc(-c2noc([C@H](C)O)c2C(=O)NCc2ccncc2)cc1. The number of nitrogens with one attached hydrogen (secondary N) is 1. The molecular weight excluding hydrogens is 334 g/mol. The summed E-state index contributed by atoms with van der Waals surface area (Å²) in [4.78, 5) is 16.7. The molecule has 0 bridgehead atoms. The number of benzene rings is 1. The quantitative estimate of drug-likeness (QED) is 0.707. The van der Waals surface area contributed by atoms with Crippen LogP contribution >= 0.6 is 0 Å². The second-order valence-electron chi connectivity index (χ2n) is 5.71. The molecule has 7 heteroatoms. The largest absolute Gasteiger partial charge is 0.497 e. The van der Waals surface area contributed by atoms with Gasteiger partial charge in [-0.15, -0.1) is 0 Å². The molecule has 7 nitrogen and oxygen atoms in total. The Kier molecular flexibility index (Phi) is 5.28. The van der Waals surface area contributed by atoms with Gasteiger partial charge in [0, 0.05) is 24.5 Å². The number of amides is 1. The predicted octanol–water partition coefficient (Wildman–Crippen LogP) is 2.73. The van der Waals surface area contributed by atoms with E-state index in [1.165, 1.54) is 6.92 Å². The van der Waals surface area contributed by atoms with Crippen molar-refractivity contribution >= 4 is 5.91 Å². The van der Waals surface area contributed by atoms with Crippen LogP contribution in [0.4, 0.5) is 0 Å². The second kappa shape index (κ2) is 7.79. The zero-order chi connectivity index (χ0) is 18.5. The van der Waals surface area contributed by atoms with Crippen molar-refractivity contribution in [1.82, 2.24) is 15.5 Å². The zero-order valence-electron chi connectivity index (χ0n) is 14.5. The lowest BCUT2D eigenvalue weighted by Crippen LogP contribution is -2.24. The van der Waals surface area contributed by atoms with Crippen LogP contribution in [-0.4, -0.2) is 28.3 Å². The Labute approximate surface area is 150 Å². The van der Waals surface area contributed by atoms with Crippen molar-refractivity contribution in [1.29, 1.82) is 0 Å². The fourth-order valence-corrected chi connectivity index (χ4v) is 2.52. The number of aliphatic hydroxyl groups excluding tert-OH is 1. The van der Waals surface area contributed by atoms with Crippen LogP contribution in [-0.2, 0) is 6.54 Å². The summed E-state index contributed by atoms with van der Waals surface area (Å²) in [7, 11) is 1.58. The summed E-state index contributed by atoms with van der Waals surface area (Å²) in [6.07, 6.45) is 2.35. The van der Waals surface area contributed by atoms with Crippen LogP contribution in [0, 0.1) is 0 Å². The van der Waals surface area contributed by atoms with Crippen molar-refractivity contribution in [2.45, 2.75) is 19.6 Å². The smallest absolute Gasteiger partial charge is 0.257 e. The van der Waals surface area contributed by atoms with Crippen LogP contribution in [0.25, 0.3) is 11.3 Å². The predicted molar refractivity (Wildman–Crippen MR) is 94.5 cm³/mol. The molecule has 134 valence electrons. The first kappa shape index (κ1) is 17.6. The normalized spacial score (nSPS) is 11.8. The van der Waals surface area contributed by atoms with Crippen molar-refractivity contribution in [2.75, 3.05) is 7.11 Å². The summed E-state index contributed by atoms with van der Waals surface area (Å²) in [5.74, 6) is 0.449. The van der Waals surface area contributed by atoms with Gasteiger partial charge >= 0.3 is 0 Å². The topological polar surface area (TPSA) is 97.5 Å². The lowest BCUT2D eigenvalue weighted by molar-refractivity contribution is 0.0938. The lowest BCUT2D eigenvalue weighted by atomic mass is 10.0. The van der Waals surface area contributed by atoms with Gasteiger partial charge in [0.2, 0.25) is 0 Å². The number of methoxy groups -OCH3 is 1. The van der Waals surface area contributed by atoms with Gasteiger partial charge < -0.3 is 19.7 Å². The molecule has 0 saturated heterocycles. The molecule has 1 aromatic carbocycles. The first-order valence-corrected chi connectivity index (χ1v) is 8.09. The zero-order valence-corrected chi connectivity index (χ0v) is 14.5. The molecule has 26 heavy (non-hydrogen) atoms. The third kappa shape index (κ3) is 3.73. The van der Waals surface area contributed by atoms with Crippen molar-refractivity contribution in [3.8, 4) is 17.0 Å². The average Bonchev–Trinajstić information content (AvgIpc) is 3.12. The molecule has 2 heterocycles.